The molecule has 2 rings (SSSR count). The second-order valence-corrected chi connectivity index (χ2v) is 7.36. The van der Waals surface area contributed by atoms with Gasteiger partial charge in [0, 0.05) is 10.4 Å². The fraction of sp³-hybridized carbons (Fsp3) is 0.333. The van der Waals surface area contributed by atoms with E-state index in [0.29, 0.717) is 19.6 Å². The third kappa shape index (κ3) is 6.16. The van der Waals surface area contributed by atoms with E-state index in [0.717, 1.165) is 27.1 Å². The lowest BCUT2D eigenvalue weighted by Gasteiger charge is -2.08. The summed E-state index contributed by atoms with van der Waals surface area (Å²) in [6, 6.07) is 5.75. The number of nitrogens with zero attached hydrogens (tertiary/aromatic N) is 2. The molecule has 1 heterocycles. The summed E-state index contributed by atoms with van der Waals surface area (Å²) in [7, 11) is 3.96. The largest absolute Gasteiger partial charge is 0.492 e. The summed E-state index contributed by atoms with van der Waals surface area (Å²) >= 11 is 4.86. The standard InChI is InChI=1S/C18H19BrN2O3S/c1-21(2)9-3-5-13-7-8-15(14(19)11-13)24-10-4-6-16-17(18(22)23)20-12-25-16/h7-8,11-12H,4,6,9-10H2,1-2H3,(H,22,23). The van der Waals surface area contributed by atoms with Crippen LogP contribution in [0.5, 0.6) is 5.75 Å². The lowest BCUT2D eigenvalue weighted by atomic mass is 10.2. The van der Waals surface area contributed by atoms with Gasteiger partial charge in [0.1, 0.15) is 5.75 Å². The topological polar surface area (TPSA) is 62.7 Å². The molecule has 0 aliphatic carbocycles. The minimum Gasteiger partial charge on any atom is -0.492 e. The van der Waals surface area contributed by atoms with Gasteiger partial charge in [-0.05, 0) is 61.1 Å². The minimum atomic E-state index is -0.981. The van der Waals surface area contributed by atoms with Gasteiger partial charge >= 0.3 is 5.97 Å². The van der Waals surface area contributed by atoms with Crippen LogP contribution in [-0.2, 0) is 6.42 Å². The zero-order valence-electron chi connectivity index (χ0n) is 14.1. The third-order valence-electron chi connectivity index (χ3n) is 3.21. The summed E-state index contributed by atoms with van der Waals surface area (Å²) in [6.45, 7) is 1.22. The van der Waals surface area contributed by atoms with Crippen molar-refractivity contribution in [3.63, 3.8) is 0 Å². The molecule has 0 aliphatic heterocycles. The fourth-order valence-electron chi connectivity index (χ4n) is 2.03. The van der Waals surface area contributed by atoms with Crippen LogP contribution in [0, 0.1) is 11.8 Å². The molecule has 25 heavy (non-hydrogen) atoms. The average Bonchev–Trinajstić information content (AvgIpc) is 3.01. The zero-order valence-corrected chi connectivity index (χ0v) is 16.5. The van der Waals surface area contributed by atoms with Crippen molar-refractivity contribution in [3.8, 4) is 17.6 Å². The molecule has 0 radical (unpaired) electrons. The molecule has 0 aliphatic rings. The molecule has 0 bridgehead atoms. The molecule has 5 nitrogen and oxygen atoms in total. The number of halogens is 1. The van der Waals surface area contributed by atoms with Crippen LogP contribution in [0.25, 0.3) is 0 Å². The predicted molar refractivity (Wildman–Crippen MR) is 102 cm³/mol. The number of hydrogen-bond acceptors (Lipinski definition) is 5. The number of carboxylic acid groups (broad SMARTS) is 1. The number of aromatic carboxylic acids is 1. The van der Waals surface area contributed by atoms with Crippen LogP contribution in [-0.4, -0.2) is 48.2 Å². The summed E-state index contributed by atoms with van der Waals surface area (Å²) in [5.41, 5.74) is 2.63. The first-order valence-electron chi connectivity index (χ1n) is 7.69. The number of benzene rings is 1. The maximum Gasteiger partial charge on any atom is 0.355 e. The van der Waals surface area contributed by atoms with E-state index in [-0.39, 0.29) is 5.69 Å². The second-order valence-electron chi connectivity index (χ2n) is 5.57. The van der Waals surface area contributed by atoms with Crippen molar-refractivity contribution >= 4 is 33.2 Å². The Kier molecular flexibility index (Phi) is 7.44. The normalized spacial score (nSPS) is 10.4. The van der Waals surface area contributed by atoms with Crippen LogP contribution in [0.15, 0.2) is 28.2 Å². The Labute approximate surface area is 159 Å². The van der Waals surface area contributed by atoms with Gasteiger partial charge in [0.15, 0.2) is 5.69 Å². The lowest BCUT2D eigenvalue weighted by molar-refractivity contribution is 0.0690. The van der Waals surface area contributed by atoms with E-state index in [9.17, 15) is 4.79 Å². The Balaban J connectivity index is 1.85. The van der Waals surface area contributed by atoms with E-state index >= 15 is 0 Å². The second kappa shape index (κ2) is 9.56. The Bertz CT molecular complexity index is 793. The Morgan fingerprint density at radius 3 is 2.92 bits per heavy atom. The van der Waals surface area contributed by atoms with Crippen LogP contribution in [0.4, 0.5) is 0 Å². The number of carbonyl (C=O) groups is 1. The highest BCUT2D eigenvalue weighted by Crippen LogP contribution is 2.26. The van der Waals surface area contributed by atoms with Gasteiger partial charge in [0.25, 0.3) is 0 Å². The molecule has 7 heteroatoms. The molecule has 0 unspecified atom stereocenters. The first-order chi connectivity index (χ1) is 12.0. The van der Waals surface area contributed by atoms with Gasteiger partial charge in [-0.3, -0.25) is 4.90 Å². The van der Waals surface area contributed by atoms with E-state index < -0.39 is 5.97 Å². The molecule has 2 aromatic rings. The molecule has 1 aromatic carbocycles. The number of thiazole rings is 1. The Morgan fingerprint density at radius 2 is 2.24 bits per heavy atom. The van der Waals surface area contributed by atoms with Crippen LogP contribution >= 0.6 is 27.3 Å². The van der Waals surface area contributed by atoms with E-state index in [1.807, 2.05) is 37.2 Å². The van der Waals surface area contributed by atoms with Gasteiger partial charge in [-0.1, -0.05) is 11.8 Å². The van der Waals surface area contributed by atoms with Crippen LogP contribution in [0.1, 0.15) is 27.3 Å². The first-order valence-corrected chi connectivity index (χ1v) is 9.36. The van der Waals surface area contributed by atoms with Crippen molar-refractivity contribution in [1.29, 1.82) is 0 Å². The van der Waals surface area contributed by atoms with Gasteiger partial charge in [-0.25, -0.2) is 9.78 Å². The van der Waals surface area contributed by atoms with Crippen molar-refractivity contribution in [1.82, 2.24) is 9.88 Å². The monoisotopic (exact) mass is 422 g/mol. The van der Waals surface area contributed by atoms with Crippen LogP contribution in [0.2, 0.25) is 0 Å². The molecule has 0 spiro atoms. The van der Waals surface area contributed by atoms with Crippen molar-refractivity contribution in [2.24, 2.45) is 0 Å². The van der Waals surface area contributed by atoms with Gasteiger partial charge in [-0.15, -0.1) is 11.3 Å². The molecular weight excluding hydrogens is 404 g/mol. The summed E-state index contributed by atoms with van der Waals surface area (Å²) in [6.07, 6.45) is 1.36. The van der Waals surface area contributed by atoms with Gasteiger partial charge in [-0.2, -0.15) is 0 Å². The molecule has 0 fully saturated rings. The zero-order chi connectivity index (χ0) is 18.2. The smallest absolute Gasteiger partial charge is 0.355 e. The molecule has 0 amide bonds. The molecule has 0 saturated carbocycles. The average molecular weight is 423 g/mol. The molecule has 0 atom stereocenters. The maximum absolute atomic E-state index is 11.0. The van der Waals surface area contributed by atoms with Gasteiger partial charge < -0.3 is 9.84 Å². The first kappa shape index (κ1) is 19.4. The number of ether oxygens (including phenoxy) is 1. The molecule has 132 valence electrons. The Morgan fingerprint density at radius 1 is 1.44 bits per heavy atom. The van der Waals surface area contributed by atoms with Crippen LogP contribution in [0.3, 0.4) is 0 Å². The van der Waals surface area contributed by atoms with E-state index in [4.69, 9.17) is 9.84 Å². The summed E-state index contributed by atoms with van der Waals surface area (Å²) in [4.78, 5) is 17.7. The third-order valence-corrected chi connectivity index (χ3v) is 4.72. The Hall–Kier alpha value is -1.88. The highest BCUT2D eigenvalue weighted by atomic mass is 79.9. The van der Waals surface area contributed by atoms with E-state index in [1.165, 1.54) is 11.3 Å². The predicted octanol–water partition coefficient (Wildman–Crippen LogP) is 3.53. The van der Waals surface area contributed by atoms with Crippen molar-refractivity contribution in [2.45, 2.75) is 12.8 Å². The highest BCUT2D eigenvalue weighted by molar-refractivity contribution is 9.10. The minimum absolute atomic E-state index is 0.145. The number of rotatable bonds is 7. The fourth-order valence-corrected chi connectivity index (χ4v) is 3.32. The van der Waals surface area contributed by atoms with Crippen LogP contribution < -0.4 is 4.74 Å². The molecule has 1 aromatic heterocycles. The summed E-state index contributed by atoms with van der Waals surface area (Å²) < 4.78 is 6.62. The quantitative estimate of drug-likeness (QED) is 0.546. The maximum atomic E-state index is 11.0. The van der Waals surface area contributed by atoms with Gasteiger partial charge in [0.05, 0.1) is 23.1 Å². The van der Waals surface area contributed by atoms with Crippen molar-refractivity contribution < 1.29 is 14.6 Å². The number of hydrogen-bond donors (Lipinski definition) is 1. The SMILES string of the molecule is CN(C)CC#Cc1ccc(OCCCc2scnc2C(=O)O)c(Br)c1. The molecular formula is C18H19BrN2O3S. The molecule has 0 saturated heterocycles. The van der Waals surface area contributed by atoms with E-state index in [1.54, 1.807) is 5.51 Å². The highest BCUT2D eigenvalue weighted by Gasteiger charge is 2.13. The molecule has 1 N–H and O–H groups in total. The van der Waals surface area contributed by atoms with Crippen molar-refractivity contribution in [3.05, 3.63) is 44.3 Å². The number of aryl methyl sites for hydroxylation is 1. The van der Waals surface area contributed by atoms with Gasteiger partial charge in [0.2, 0.25) is 0 Å². The van der Waals surface area contributed by atoms with E-state index in [2.05, 4.69) is 32.8 Å². The summed E-state index contributed by atoms with van der Waals surface area (Å²) in [5, 5.41) is 9.04. The number of carboxylic acids is 1. The lowest BCUT2D eigenvalue weighted by Crippen LogP contribution is -2.10. The van der Waals surface area contributed by atoms with Crippen molar-refractivity contribution in [2.75, 3.05) is 27.2 Å². The summed E-state index contributed by atoms with van der Waals surface area (Å²) in [5.74, 6) is 5.97. The number of aromatic nitrogens is 1.